The van der Waals surface area contributed by atoms with E-state index in [2.05, 4.69) is 20.8 Å². The van der Waals surface area contributed by atoms with Gasteiger partial charge in [-0.15, -0.1) is 5.10 Å². The number of tetrazole rings is 1. The standard InChI is InChI=1S/C21H22N6O3/c1-13-7-8-19(30-3)18(9-13)26-12-15(10-20(26)28)21(29)22-16-5-4-6-17(11-16)27-14(2)23-24-25-27/h4-9,11,15H,10,12H2,1-3H3,(H,22,29)/t15-/m0/s1. The summed E-state index contributed by atoms with van der Waals surface area (Å²) < 4.78 is 6.98. The summed E-state index contributed by atoms with van der Waals surface area (Å²) in [5, 5.41) is 14.4. The van der Waals surface area contributed by atoms with Crippen LogP contribution in [0.5, 0.6) is 5.75 Å². The van der Waals surface area contributed by atoms with E-state index in [4.69, 9.17) is 4.74 Å². The van der Waals surface area contributed by atoms with Crippen molar-refractivity contribution >= 4 is 23.2 Å². The van der Waals surface area contributed by atoms with Crippen LogP contribution in [0.2, 0.25) is 0 Å². The first kappa shape index (κ1) is 19.6. The van der Waals surface area contributed by atoms with Crippen molar-refractivity contribution in [2.24, 2.45) is 5.92 Å². The number of carbonyl (C=O) groups excluding carboxylic acids is 2. The highest BCUT2D eigenvalue weighted by Gasteiger charge is 2.36. The summed E-state index contributed by atoms with van der Waals surface area (Å²) in [4.78, 5) is 27.1. The van der Waals surface area contributed by atoms with Gasteiger partial charge in [0.15, 0.2) is 5.82 Å². The monoisotopic (exact) mass is 406 g/mol. The number of nitrogens with zero attached hydrogens (tertiary/aromatic N) is 5. The fourth-order valence-electron chi connectivity index (χ4n) is 3.56. The molecule has 1 atom stereocenters. The highest BCUT2D eigenvalue weighted by atomic mass is 16.5. The molecular formula is C21H22N6O3. The number of methoxy groups -OCH3 is 1. The van der Waals surface area contributed by atoms with Crippen molar-refractivity contribution < 1.29 is 14.3 Å². The molecule has 154 valence electrons. The summed E-state index contributed by atoms with van der Waals surface area (Å²) in [6, 6.07) is 12.9. The van der Waals surface area contributed by atoms with E-state index in [0.717, 1.165) is 11.3 Å². The van der Waals surface area contributed by atoms with Gasteiger partial charge in [0.1, 0.15) is 5.75 Å². The van der Waals surface area contributed by atoms with Gasteiger partial charge >= 0.3 is 0 Å². The summed E-state index contributed by atoms with van der Waals surface area (Å²) in [5.41, 5.74) is 3.06. The lowest BCUT2D eigenvalue weighted by molar-refractivity contribution is -0.122. The molecule has 1 saturated heterocycles. The zero-order valence-corrected chi connectivity index (χ0v) is 17.0. The molecule has 0 saturated carbocycles. The van der Waals surface area contributed by atoms with Crippen LogP contribution in [-0.4, -0.2) is 45.7 Å². The lowest BCUT2D eigenvalue weighted by Crippen LogP contribution is -2.28. The third-order valence-electron chi connectivity index (χ3n) is 5.10. The second-order valence-corrected chi connectivity index (χ2v) is 7.26. The van der Waals surface area contributed by atoms with Crippen molar-refractivity contribution in [2.75, 3.05) is 23.9 Å². The third kappa shape index (κ3) is 3.73. The number of carbonyl (C=O) groups is 2. The zero-order valence-electron chi connectivity index (χ0n) is 17.0. The molecule has 1 fully saturated rings. The average Bonchev–Trinajstić information content (AvgIpc) is 3.33. The molecule has 2 amide bonds. The summed E-state index contributed by atoms with van der Waals surface area (Å²) in [6.45, 7) is 4.05. The van der Waals surface area contributed by atoms with Gasteiger partial charge < -0.3 is 15.0 Å². The van der Waals surface area contributed by atoms with E-state index in [0.29, 0.717) is 29.5 Å². The second kappa shape index (κ2) is 7.94. The van der Waals surface area contributed by atoms with Crippen molar-refractivity contribution in [2.45, 2.75) is 20.3 Å². The Morgan fingerprint density at radius 1 is 1.20 bits per heavy atom. The van der Waals surface area contributed by atoms with E-state index < -0.39 is 5.92 Å². The van der Waals surface area contributed by atoms with Crippen molar-refractivity contribution in [3.63, 3.8) is 0 Å². The number of amides is 2. The van der Waals surface area contributed by atoms with E-state index >= 15 is 0 Å². The fourth-order valence-corrected chi connectivity index (χ4v) is 3.56. The van der Waals surface area contributed by atoms with Gasteiger partial charge in [-0.2, -0.15) is 4.68 Å². The van der Waals surface area contributed by atoms with Crippen LogP contribution >= 0.6 is 0 Å². The van der Waals surface area contributed by atoms with Crippen LogP contribution in [-0.2, 0) is 9.59 Å². The maximum Gasteiger partial charge on any atom is 0.229 e. The Morgan fingerprint density at radius 2 is 2.03 bits per heavy atom. The lowest BCUT2D eigenvalue weighted by Gasteiger charge is -2.20. The predicted octanol–water partition coefficient (Wildman–Crippen LogP) is 2.28. The van der Waals surface area contributed by atoms with Gasteiger partial charge in [0.25, 0.3) is 0 Å². The molecule has 1 aromatic heterocycles. The van der Waals surface area contributed by atoms with Gasteiger partial charge in [0.05, 0.1) is 24.4 Å². The number of aryl methyl sites for hydroxylation is 2. The SMILES string of the molecule is COc1ccc(C)cc1N1C[C@@H](C(=O)Nc2cccc(-n3nnnc3C)c2)CC1=O. The zero-order chi connectivity index (χ0) is 21.3. The Morgan fingerprint density at radius 3 is 2.77 bits per heavy atom. The van der Waals surface area contributed by atoms with Crippen LogP contribution in [0.4, 0.5) is 11.4 Å². The molecule has 30 heavy (non-hydrogen) atoms. The van der Waals surface area contributed by atoms with E-state index in [1.54, 1.807) is 35.7 Å². The number of hydrogen-bond acceptors (Lipinski definition) is 6. The second-order valence-electron chi connectivity index (χ2n) is 7.26. The quantitative estimate of drug-likeness (QED) is 0.697. The summed E-state index contributed by atoms with van der Waals surface area (Å²) in [5.74, 6) is 0.489. The Kier molecular flexibility index (Phi) is 5.18. The smallest absolute Gasteiger partial charge is 0.229 e. The molecule has 2 aromatic carbocycles. The average molecular weight is 406 g/mol. The number of hydrogen-bond donors (Lipinski definition) is 1. The molecule has 4 rings (SSSR count). The molecule has 0 spiro atoms. The van der Waals surface area contributed by atoms with Crippen LogP contribution in [0.3, 0.4) is 0 Å². The first-order valence-corrected chi connectivity index (χ1v) is 9.57. The van der Waals surface area contributed by atoms with Gasteiger partial charge in [-0.25, -0.2) is 0 Å². The van der Waals surface area contributed by atoms with Crippen LogP contribution in [0.25, 0.3) is 5.69 Å². The molecule has 9 heteroatoms. The van der Waals surface area contributed by atoms with Gasteiger partial charge in [0, 0.05) is 18.7 Å². The highest BCUT2D eigenvalue weighted by molar-refractivity contribution is 6.04. The normalized spacial score (nSPS) is 16.0. The van der Waals surface area contributed by atoms with Crippen molar-refractivity contribution in [3.05, 3.63) is 53.9 Å². The third-order valence-corrected chi connectivity index (χ3v) is 5.10. The van der Waals surface area contributed by atoms with Gasteiger partial charge in [-0.1, -0.05) is 12.1 Å². The molecule has 0 aliphatic carbocycles. The minimum absolute atomic E-state index is 0.0999. The van der Waals surface area contributed by atoms with Crippen LogP contribution in [0.1, 0.15) is 17.8 Å². The largest absolute Gasteiger partial charge is 0.495 e. The minimum atomic E-state index is -0.457. The van der Waals surface area contributed by atoms with Gasteiger partial charge in [-0.05, 0) is 60.2 Å². The van der Waals surface area contributed by atoms with E-state index in [1.807, 2.05) is 37.3 Å². The molecule has 0 unspecified atom stereocenters. The highest BCUT2D eigenvalue weighted by Crippen LogP contribution is 2.34. The van der Waals surface area contributed by atoms with E-state index in [1.165, 1.54) is 0 Å². The van der Waals surface area contributed by atoms with Crippen LogP contribution in [0, 0.1) is 19.8 Å². The Balaban J connectivity index is 1.50. The Hall–Kier alpha value is -3.75. The number of aromatic nitrogens is 4. The molecule has 1 aliphatic rings. The molecule has 3 aromatic rings. The molecule has 0 radical (unpaired) electrons. The van der Waals surface area contributed by atoms with E-state index in [9.17, 15) is 9.59 Å². The summed E-state index contributed by atoms with van der Waals surface area (Å²) >= 11 is 0. The molecule has 1 N–H and O–H groups in total. The maximum absolute atomic E-state index is 12.9. The Bertz CT molecular complexity index is 1110. The lowest BCUT2D eigenvalue weighted by atomic mass is 10.1. The number of rotatable bonds is 5. The maximum atomic E-state index is 12.9. The Labute approximate surface area is 173 Å². The molecule has 0 bridgehead atoms. The van der Waals surface area contributed by atoms with Gasteiger partial charge in [-0.3, -0.25) is 9.59 Å². The molecule has 9 nitrogen and oxygen atoms in total. The number of ether oxygens (including phenoxy) is 1. The van der Waals surface area contributed by atoms with Crippen LogP contribution in [0.15, 0.2) is 42.5 Å². The first-order valence-electron chi connectivity index (χ1n) is 9.57. The van der Waals surface area contributed by atoms with E-state index in [-0.39, 0.29) is 18.2 Å². The number of nitrogens with one attached hydrogen (secondary N) is 1. The summed E-state index contributed by atoms with van der Waals surface area (Å²) in [6.07, 6.45) is 0.148. The minimum Gasteiger partial charge on any atom is -0.495 e. The van der Waals surface area contributed by atoms with Crippen molar-refractivity contribution in [1.29, 1.82) is 0 Å². The van der Waals surface area contributed by atoms with Crippen LogP contribution < -0.4 is 15.0 Å². The van der Waals surface area contributed by atoms with Crippen molar-refractivity contribution in [3.8, 4) is 11.4 Å². The van der Waals surface area contributed by atoms with Gasteiger partial charge in [0.2, 0.25) is 11.8 Å². The molecule has 1 aliphatic heterocycles. The number of anilines is 2. The molecular weight excluding hydrogens is 384 g/mol. The molecule has 2 heterocycles. The van der Waals surface area contributed by atoms with Crippen molar-refractivity contribution in [1.82, 2.24) is 20.2 Å². The number of benzene rings is 2. The topological polar surface area (TPSA) is 102 Å². The summed E-state index contributed by atoms with van der Waals surface area (Å²) in [7, 11) is 1.57. The predicted molar refractivity (Wildman–Crippen MR) is 111 cm³/mol. The fraction of sp³-hybridized carbons (Fsp3) is 0.286. The first-order chi connectivity index (χ1) is 14.5.